The standard InChI is InChI=1S/C15H18BrNO/c1-10(2)11-4-6-12(7-5-11)15(17-3)13-8-9-14(16)18-13/h4-10,15,17H,1-3H3. The molecule has 3 heteroatoms. The molecule has 0 aliphatic carbocycles. The van der Waals surface area contributed by atoms with Crippen LogP contribution in [-0.4, -0.2) is 7.05 Å². The van der Waals surface area contributed by atoms with Gasteiger partial charge in [0.15, 0.2) is 4.67 Å². The average molecular weight is 308 g/mol. The van der Waals surface area contributed by atoms with Gasteiger partial charge in [-0.15, -0.1) is 0 Å². The van der Waals surface area contributed by atoms with Gasteiger partial charge in [-0.2, -0.15) is 0 Å². The predicted octanol–water partition coefficient (Wildman–Crippen LogP) is 4.47. The van der Waals surface area contributed by atoms with Crippen LogP contribution in [0.3, 0.4) is 0 Å². The third-order valence-electron chi connectivity index (χ3n) is 3.10. The second kappa shape index (κ2) is 5.72. The quantitative estimate of drug-likeness (QED) is 0.901. The van der Waals surface area contributed by atoms with E-state index in [-0.39, 0.29) is 6.04 Å². The first-order valence-corrected chi connectivity index (χ1v) is 6.93. The number of furan rings is 1. The van der Waals surface area contributed by atoms with E-state index in [9.17, 15) is 0 Å². The van der Waals surface area contributed by atoms with Crippen molar-refractivity contribution < 1.29 is 4.42 Å². The molecule has 0 fully saturated rings. The smallest absolute Gasteiger partial charge is 0.169 e. The molecule has 1 atom stereocenters. The highest BCUT2D eigenvalue weighted by Crippen LogP contribution is 2.27. The molecule has 0 bridgehead atoms. The molecule has 1 heterocycles. The highest BCUT2D eigenvalue weighted by Gasteiger charge is 2.15. The van der Waals surface area contributed by atoms with Crippen LogP contribution in [0.1, 0.15) is 42.7 Å². The van der Waals surface area contributed by atoms with Crippen LogP contribution in [0.4, 0.5) is 0 Å². The minimum absolute atomic E-state index is 0.0949. The molecule has 0 saturated heterocycles. The highest BCUT2D eigenvalue weighted by atomic mass is 79.9. The minimum Gasteiger partial charge on any atom is -0.452 e. The Labute approximate surface area is 117 Å². The van der Waals surface area contributed by atoms with Crippen molar-refractivity contribution in [1.29, 1.82) is 0 Å². The maximum absolute atomic E-state index is 5.62. The molecule has 0 saturated carbocycles. The number of hydrogen-bond donors (Lipinski definition) is 1. The normalized spacial score (nSPS) is 12.9. The SMILES string of the molecule is CNC(c1ccc(C(C)C)cc1)c1ccc(Br)o1. The largest absolute Gasteiger partial charge is 0.452 e. The number of hydrogen-bond acceptors (Lipinski definition) is 2. The molecule has 1 aromatic carbocycles. The van der Waals surface area contributed by atoms with E-state index in [1.807, 2.05) is 19.2 Å². The Kier molecular flexibility index (Phi) is 4.25. The molecule has 0 aliphatic heterocycles. The Morgan fingerprint density at radius 2 is 1.61 bits per heavy atom. The van der Waals surface area contributed by atoms with E-state index in [1.165, 1.54) is 11.1 Å². The van der Waals surface area contributed by atoms with Crippen molar-refractivity contribution >= 4 is 15.9 Å². The van der Waals surface area contributed by atoms with Gasteiger partial charge < -0.3 is 9.73 Å². The summed E-state index contributed by atoms with van der Waals surface area (Å²) in [5.74, 6) is 1.48. The molecule has 1 N–H and O–H groups in total. The molecular weight excluding hydrogens is 290 g/mol. The molecule has 0 radical (unpaired) electrons. The van der Waals surface area contributed by atoms with Crippen molar-refractivity contribution in [3.63, 3.8) is 0 Å². The lowest BCUT2D eigenvalue weighted by molar-refractivity contribution is 0.447. The topological polar surface area (TPSA) is 25.2 Å². The molecule has 0 aliphatic rings. The lowest BCUT2D eigenvalue weighted by Gasteiger charge is -2.15. The second-order valence-corrected chi connectivity index (χ2v) is 5.47. The molecule has 0 amide bonds. The summed E-state index contributed by atoms with van der Waals surface area (Å²) in [6, 6.07) is 12.7. The zero-order chi connectivity index (χ0) is 13.1. The maximum Gasteiger partial charge on any atom is 0.169 e. The van der Waals surface area contributed by atoms with Crippen LogP contribution in [0, 0.1) is 0 Å². The first kappa shape index (κ1) is 13.4. The van der Waals surface area contributed by atoms with Gasteiger partial charge in [-0.3, -0.25) is 0 Å². The maximum atomic E-state index is 5.62. The number of rotatable bonds is 4. The summed E-state index contributed by atoms with van der Waals surface area (Å²) in [4.78, 5) is 0. The summed E-state index contributed by atoms with van der Waals surface area (Å²) in [5, 5.41) is 3.28. The van der Waals surface area contributed by atoms with Gasteiger partial charge in [0, 0.05) is 0 Å². The van der Waals surface area contributed by atoms with Crippen LogP contribution in [0.25, 0.3) is 0 Å². The van der Waals surface area contributed by atoms with Crippen molar-refractivity contribution in [2.75, 3.05) is 7.05 Å². The lowest BCUT2D eigenvalue weighted by Crippen LogP contribution is -2.16. The summed E-state index contributed by atoms with van der Waals surface area (Å²) < 4.78 is 6.38. The van der Waals surface area contributed by atoms with Gasteiger partial charge in [0.2, 0.25) is 0 Å². The van der Waals surface area contributed by atoms with Gasteiger partial charge in [0.05, 0.1) is 6.04 Å². The molecular formula is C15H18BrNO. The van der Waals surface area contributed by atoms with Gasteiger partial charge in [-0.05, 0) is 52.2 Å². The van der Waals surface area contributed by atoms with Crippen LogP contribution in [-0.2, 0) is 0 Å². The van der Waals surface area contributed by atoms with Crippen LogP contribution < -0.4 is 5.32 Å². The number of benzene rings is 1. The Balaban J connectivity index is 2.28. The van der Waals surface area contributed by atoms with Crippen LogP contribution >= 0.6 is 15.9 Å². The van der Waals surface area contributed by atoms with Crippen LogP contribution in [0.15, 0.2) is 45.5 Å². The first-order chi connectivity index (χ1) is 8.61. The van der Waals surface area contributed by atoms with E-state index in [0.29, 0.717) is 5.92 Å². The summed E-state index contributed by atoms with van der Waals surface area (Å²) in [6.07, 6.45) is 0. The van der Waals surface area contributed by atoms with Gasteiger partial charge in [0.1, 0.15) is 5.76 Å². The van der Waals surface area contributed by atoms with Gasteiger partial charge in [0.25, 0.3) is 0 Å². The molecule has 2 rings (SSSR count). The van der Waals surface area contributed by atoms with E-state index < -0.39 is 0 Å². The lowest BCUT2D eigenvalue weighted by atomic mass is 9.98. The van der Waals surface area contributed by atoms with E-state index >= 15 is 0 Å². The van der Waals surface area contributed by atoms with Gasteiger partial charge >= 0.3 is 0 Å². The van der Waals surface area contributed by atoms with Crippen LogP contribution in [0.2, 0.25) is 0 Å². The Hall–Kier alpha value is -1.06. The van der Waals surface area contributed by atoms with Crippen molar-refractivity contribution in [3.05, 3.63) is 58.0 Å². The molecule has 0 spiro atoms. The Morgan fingerprint density at radius 1 is 1.00 bits per heavy atom. The van der Waals surface area contributed by atoms with Crippen molar-refractivity contribution in [1.82, 2.24) is 5.32 Å². The monoisotopic (exact) mass is 307 g/mol. The third kappa shape index (κ3) is 2.85. The third-order valence-corrected chi connectivity index (χ3v) is 3.53. The predicted molar refractivity (Wildman–Crippen MR) is 77.8 cm³/mol. The fourth-order valence-electron chi connectivity index (χ4n) is 2.03. The summed E-state index contributed by atoms with van der Waals surface area (Å²) in [5.41, 5.74) is 2.57. The second-order valence-electron chi connectivity index (χ2n) is 4.68. The van der Waals surface area contributed by atoms with Gasteiger partial charge in [-0.1, -0.05) is 38.1 Å². The zero-order valence-electron chi connectivity index (χ0n) is 10.9. The summed E-state index contributed by atoms with van der Waals surface area (Å²) >= 11 is 3.34. The van der Waals surface area contributed by atoms with Crippen molar-refractivity contribution in [2.45, 2.75) is 25.8 Å². The van der Waals surface area contributed by atoms with Gasteiger partial charge in [-0.25, -0.2) is 0 Å². The first-order valence-electron chi connectivity index (χ1n) is 6.14. The average Bonchev–Trinajstić information content (AvgIpc) is 2.77. The number of nitrogens with one attached hydrogen (secondary N) is 1. The summed E-state index contributed by atoms with van der Waals surface area (Å²) in [6.45, 7) is 4.41. The minimum atomic E-state index is 0.0949. The molecule has 18 heavy (non-hydrogen) atoms. The highest BCUT2D eigenvalue weighted by molar-refractivity contribution is 9.10. The van der Waals surface area contributed by atoms with E-state index in [4.69, 9.17) is 4.42 Å². The molecule has 96 valence electrons. The van der Waals surface area contributed by atoms with Crippen molar-refractivity contribution in [2.24, 2.45) is 0 Å². The fraction of sp³-hybridized carbons (Fsp3) is 0.333. The molecule has 1 aromatic heterocycles. The van der Waals surface area contributed by atoms with Crippen LogP contribution in [0.5, 0.6) is 0 Å². The molecule has 1 unspecified atom stereocenters. The molecule has 2 aromatic rings. The Bertz CT molecular complexity index is 501. The Morgan fingerprint density at radius 3 is 2.06 bits per heavy atom. The fourth-order valence-corrected chi connectivity index (χ4v) is 2.35. The summed E-state index contributed by atoms with van der Waals surface area (Å²) in [7, 11) is 1.94. The number of halogens is 1. The van der Waals surface area contributed by atoms with Crippen molar-refractivity contribution in [3.8, 4) is 0 Å². The molecule has 2 nitrogen and oxygen atoms in total. The van der Waals surface area contributed by atoms with E-state index in [0.717, 1.165) is 10.4 Å². The van der Waals surface area contributed by atoms with E-state index in [1.54, 1.807) is 0 Å². The zero-order valence-corrected chi connectivity index (χ0v) is 12.5. The van der Waals surface area contributed by atoms with E-state index in [2.05, 4.69) is 59.4 Å².